The largest absolute Gasteiger partial charge is 0.310 e. The van der Waals surface area contributed by atoms with E-state index in [1.54, 1.807) is 0 Å². The van der Waals surface area contributed by atoms with Crippen LogP contribution < -0.4 is 4.90 Å². The van der Waals surface area contributed by atoms with Crippen molar-refractivity contribution in [2.45, 2.75) is 5.41 Å². The summed E-state index contributed by atoms with van der Waals surface area (Å²) in [5.74, 6) is 0. The molecular weight excluding hydrogens is 899 g/mol. The van der Waals surface area contributed by atoms with Gasteiger partial charge in [0.15, 0.2) is 0 Å². The van der Waals surface area contributed by atoms with Crippen molar-refractivity contribution in [3.63, 3.8) is 0 Å². The van der Waals surface area contributed by atoms with Gasteiger partial charge in [0, 0.05) is 42.6 Å². The van der Waals surface area contributed by atoms with E-state index in [4.69, 9.17) is 0 Å². The van der Waals surface area contributed by atoms with E-state index in [-0.39, 0.29) is 0 Å². The fourth-order valence-corrected chi connectivity index (χ4v) is 13.2. The minimum atomic E-state index is -0.530. The average Bonchev–Trinajstić information content (AvgIpc) is 4.05. The topological polar surface area (TPSA) is 3.24 Å². The Bertz CT molecular complexity index is 4100. The van der Waals surface area contributed by atoms with Crippen LogP contribution in [0.25, 0.3) is 86.6 Å². The molecule has 12 aromatic carbocycles. The molecule has 13 aromatic rings. The van der Waals surface area contributed by atoms with Crippen molar-refractivity contribution in [2.75, 3.05) is 4.90 Å². The third-order valence-electron chi connectivity index (χ3n) is 15.2. The van der Waals surface area contributed by atoms with Crippen molar-refractivity contribution in [2.24, 2.45) is 0 Å². The molecule has 0 fully saturated rings. The lowest BCUT2D eigenvalue weighted by Crippen LogP contribution is -2.28. The Morgan fingerprint density at radius 2 is 0.712 bits per heavy atom. The normalized spacial score (nSPS) is 12.5. The third-order valence-corrected chi connectivity index (χ3v) is 16.4. The lowest BCUT2D eigenvalue weighted by atomic mass is 9.67. The molecule has 0 atom stereocenters. The zero-order valence-corrected chi connectivity index (χ0v) is 40.8. The number of nitrogens with zero attached hydrogens (tertiary/aromatic N) is 1. The smallest absolute Gasteiger partial charge is 0.0714 e. The van der Waals surface area contributed by atoms with E-state index < -0.39 is 5.41 Å². The van der Waals surface area contributed by atoms with Crippen LogP contribution in [0.15, 0.2) is 285 Å². The van der Waals surface area contributed by atoms with E-state index in [1.807, 2.05) is 11.3 Å². The van der Waals surface area contributed by atoms with E-state index >= 15 is 0 Å². The monoisotopic (exact) mass is 945 g/mol. The first-order valence-electron chi connectivity index (χ1n) is 25.2. The summed E-state index contributed by atoms with van der Waals surface area (Å²) in [6.07, 6.45) is 0. The van der Waals surface area contributed by atoms with Gasteiger partial charge in [0.05, 0.1) is 5.41 Å². The Kier molecular flexibility index (Phi) is 10.3. The summed E-state index contributed by atoms with van der Waals surface area (Å²) in [6.45, 7) is 0. The van der Waals surface area contributed by atoms with Gasteiger partial charge in [-0.05, 0) is 126 Å². The van der Waals surface area contributed by atoms with Crippen LogP contribution in [0.5, 0.6) is 0 Å². The molecule has 0 unspecified atom stereocenters. The number of hydrogen-bond acceptors (Lipinski definition) is 2. The zero-order chi connectivity index (χ0) is 48.3. The molecule has 0 saturated heterocycles. The summed E-state index contributed by atoms with van der Waals surface area (Å²) in [5.41, 5.74) is 20.0. The molecule has 0 N–H and O–H groups in total. The zero-order valence-electron chi connectivity index (χ0n) is 40.0. The van der Waals surface area contributed by atoms with Gasteiger partial charge < -0.3 is 4.90 Å². The Balaban J connectivity index is 0.982. The highest BCUT2D eigenvalue weighted by Crippen LogP contribution is 2.58. The highest BCUT2D eigenvalue weighted by Gasteiger charge is 2.46. The Morgan fingerprint density at radius 1 is 0.288 bits per heavy atom. The van der Waals surface area contributed by atoms with Crippen molar-refractivity contribution < 1.29 is 0 Å². The van der Waals surface area contributed by atoms with Crippen LogP contribution in [0.4, 0.5) is 17.1 Å². The Morgan fingerprint density at radius 3 is 1.33 bits per heavy atom. The van der Waals surface area contributed by atoms with Gasteiger partial charge in [-0.2, -0.15) is 0 Å². The minimum Gasteiger partial charge on any atom is -0.310 e. The van der Waals surface area contributed by atoms with Gasteiger partial charge in [0.25, 0.3) is 0 Å². The molecule has 342 valence electrons. The summed E-state index contributed by atoms with van der Waals surface area (Å²) in [4.78, 5) is 2.45. The van der Waals surface area contributed by atoms with Gasteiger partial charge in [0.2, 0.25) is 0 Å². The van der Waals surface area contributed by atoms with E-state index in [9.17, 15) is 0 Å². The van der Waals surface area contributed by atoms with Crippen LogP contribution in [0.3, 0.4) is 0 Å². The second-order valence-corrected chi connectivity index (χ2v) is 20.1. The Hall–Kier alpha value is -9.08. The van der Waals surface area contributed by atoms with E-state index in [1.165, 1.54) is 109 Å². The first-order valence-corrected chi connectivity index (χ1v) is 26.0. The molecule has 73 heavy (non-hydrogen) atoms. The van der Waals surface area contributed by atoms with Crippen LogP contribution in [0, 0.1) is 0 Å². The first-order chi connectivity index (χ1) is 36.2. The van der Waals surface area contributed by atoms with Crippen LogP contribution in [-0.4, -0.2) is 0 Å². The second-order valence-electron chi connectivity index (χ2n) is 19.1. The van der Waals surface area contributed by atoms with Crippen molar-refractivity contribution >= 4 is 59.3 Å². The molecule has 0 spiro atoms. The van der Waals surface area contributed by atoms with E-state index in [0.717, 1.165) is 17.1 Å². The number of hydrogen-bond donors (Lipinski definition) is 0. The first kappa shape index (κ1) is 42.8. The quantitative estimate of drug-likeness (QED) is 0.139. The molecule has 1 heterocycles. The average molecular weight is 946 g/mol. The second kappa shape index (κ2) is 17.6. The lowest BCUT2D eigenvalue weighted by Gasteiger charge is -2.35. The van der Waals surface area contributed by atoms with Crippen molar-refractivity contribution in [3.05, 3.63) is 307 Å². The molecule has 1 aliphatic rings. The maximum absolute atomic E-state index is 2.47. The maximum atomic E-state index is 2.47. The van der Waals surface area contributed by atoms with Crippen LogP contribution in [0.1, 0.15) is 22.3 Å². The number of benzene rings is 12. The standard InChI is InChI=1S/C71H47NS/c1-5-19-48(20-6-1)50-33-35-52(36-34-50)67-61-28-13-14-29-62(61)70-69(63-30-16-18-32-66(63)73-70)68(67)53-39-43-57(44-40-53)72(56-41-37-51(38-42-56)49-21-7-2-8-22-49)58-45-46-60-59-27-15-17-31-64(59)71(65(60)47-58,54-23-9-3-10-24-54)55-25-11-4-12-26-55/h1-47H. The summed E-state index contributed by atoms with van der Waals surface area (Å²) in [6, 6.07) is 105. The molecule has 0 saturated carbocycles. The molecule has 2 heteroatoms. The fraction of sp³-hybridized carbons (Fsp3) is 0.0141. The molecule has 0 bridgehead atoms. The molecular formula is C71H47NS. The summed E-state index contributed by atoms with van der Waals surface area (Å²) in [7, 11) is 0. The van der Waals surface area contributed by atoms with Gasteiger partial charge in [0.1, 0.15) is 0 Å². The van der Waals surface area contributed by atoms with Crippen LogP contribution >= 0.6 is 11.3 Å². The number of thiophene rings is 1. The SMILES string of the molecule is c1ccc(-c2ccc(-c3c(-c4ccc(N(c5ccc(-c6ccccc6)cc5)c5ccc6c(c5)C(c5ccccc5)(c5ccccc5)c5ccccc5-6)cc4)c4c5ccccc5sc4c4ccccc34)cc2)cc1. The molecule has 1 nitrogen and oxygen atoms in total. The molecule has 0 amide bonds. The molecule has 0 radical (unpaired) electrons. The van der Waals surface area contributed by atoms with Crippen molar-refractivity contribution in [1.29, 1.82) is 0 Å². The molecule has 1 aromatic heterocycles. The van der Waals surface area contributed by atoms with Gasteiger partial charge in [-0.15, -0.1) is 11.3 Å². The highest BCUT2D eigenvalue weighted by molar-refractivity contribution is 7.26. The fourth-order valence-electron chi connectivity index (χ4n) is 11.9. The predicted molar refractivity (Wildman–Crippen MR) is 311 cm³/mol. The molecule has 0 aliphatic heterocycles. The number of rotatable bonds is 9. The maximum Gasteiger partial charge on any atom is 0.0714 e. The third kappa shape index (κ3) is 6.98. The summed E-state index contributed by atoms with van der Waals surface area (Å²) >= 11 is 1.90. The van der Waals surface area contributed by atoms with Gasteiger partial charge in [-0.25, -0.2) is 0 Å². The van der Waals surface area contributed by atoms with Crippen molar-refractivity contribution in [1.82, 2.24) is 0 Å². The molecule has 1 aliphatic carbocycles. The van der Waals surface area contributed by atoms with Crippen LogP contribution in [0.2, 0.25) is 0 Å². The van der Waals surface area contributed by atoms with Crippen molar-refractivity contribution in [3.8, 4) is 55.6 Å². The predicted octanol–water partition coefficient (Wildman–Crippen LogP) is 19.7. The number of anilines is 3. The van der Waals surface area contributed by atoms with Gasteiger partial charge in [-0.1, -0.05) is 243 Å². The summed E-state index contributed by atoms with van der Waals surface area (Å²) in [5, 5.41) is 5.13. The highest BCUT2D eigenvalue weighted by atomic mass is 32.1. The van der Waals surface area contributed by atoms with E-state index in [2.05, 4.69) is 290 Å². The van der Waals surface area contributed by atoms with Crippen LogP contribution in [-0.2, 0) is 5.41 Å². The summed E-state index contributed by atoms with van der Waals surface area (Å²) < 4.78 is 2.61. The van der Waals surface area contributed by atoms with E-state index in [0.29, 0.717) is 0 Å². The molecule has 14 rings (SSSR count). The minimum absolute atomic E-state index is 0.530. The number of fused-ring (bicyclic) bond motifs is 8. The lowest BCUT2D eigenvalue weighted by molar-refractivity contribution is 0.768. The van der Waals surface area contributed by atoms with Gasteiger partial charge >= 0.3 is 0 Å². The van der Waals surface area contributed by atoms with Gasteiger partial charge in [-0.3, -0.25) is 0 Å². The Labute approximate surface area is 430 Å².